The highest BCUT2D eigenvalue weighted by Crippen LogP contribution is 2.34. The van der Waals surface area contributed by atoms with Crippen molar-refractivity contribution in [3.63, 3.8) is 0 Å². The molecule has 2 nitrogen and oxygen atoms in total. The topological polar surface area (TPSA) is 21.3 Å². The summed E-state index contributed by atoms with van der Waals surface area (Å²) in [6.45, 7) is 11.0. The van der Waals surface area contributed by atoms with Gasteiger partial charge in [-0.3, -0.25) is 5.32 Å². The van der Waals surface area contributed by atoms with Crippen molar-refractivity contribution >= 4 is 0 Å². The van der Waals surface area contributed by atoms with Crippen molar-refractivity contribution in [3.05, 3.63) is 0 Å². The molecule has 0 radical (unpaired) electrons. The van der Waals surface area contributed by atoms with E-state index in [9.17, 15) is 0 Å². The minimum atomic E-state index is -0.0339. The number of nitrogens with one attached hydrogen (secondary N) is 1. The molecule has 1 saturated heterocycles. The SMILES string of the molecule is CCC1(CC)CNC(CC)(CC)OC1. The number of hydrogen-bond acceptors (Lipinski definition) is 2. The third-order valence-corrected chi connectivity index (χ3v) is 4.08. The minimum absolute atomic E-state index is 0.0339. The smallest absolute Gasteiger partial charge is 0.118 e. The van der Waals surface area contributed by atoms with Crippen molar-refractivity contribution in [2.45, 2.75) is 59.1 Å². The zero-order chi connectivity index (χ0) is 10.7. The summed E-state index contributed by atoms with van der Waals surface area (Å²) >= 11 is 0. The van der Waals surface area contributed by atoms with E-state index in [1.54, 1.807) is 0 Å². The van der Waals surface area contributed by atoms with Crippen LogP contribution in [0.3, 0.4) is 0 Å². The van der Waals surface area contributed by atoms with E-state index < -0.39 is 0 Å². The van der Waals surface area contributed by atoms with Crippen LogP contribution in [-0.2, 0) is 4.74 Å². The fourth-order valence-electron chi connectivity index (χ4n) is 2.15. The van der Waals surface area contributed by atoms with E-state index in [-0.39, 0.29) is 5.72 Å². The van der Waals surface area contributed by atoms with Crippen LogP contribution in [0.25, 0.3) is 0 Å². The lowest BCUT2D eigenvalue weighted by Crippen LogP contribution is -2.58. The number of ether oxygens (including phenoxy) is 1. The first kappa shape index (κ1) is 12.0. The summed E-state index contributed by atoms with van der Waals surface area (Å²) in [5.74, 6) is 0. The Bertz CT molecular complexity index is 139. The highest BCUT2D eigenvalue weighted by molar-refractivity contribution is 4.89. The van der Waals surface area contributed by atoms with Gasteiger partial charge in [0.1, 0.15) is 5.72 Å². The van der Waals surface area contributed by atoms with Gasteiger partial charge in [-0.05, 0) is 25.7 Å². The summed E-state index contributed by atoms with van der Waals surface area (Å²) in [5.41, 5.74) is 0.349. The third-order valence-electron chi connectivity index (χ3n) is 4.08. The second-order valence-electron chi connectivity index (χ2n) is 4.55. The Labute approximate surface area is 88.4 Å². The standard InChI is InChI=1S/C12H25NO/c1-5-11(6-2)9-13-12(7-3,8-4)14-10-11/h13H,5-10H2,1-4H3. The minimum Gasteiger partial charge on any atom is -0.360 e. The highest BCUT2D eigenvalue weighted by Gasteiger charge is 2.39. The number of hydrogen-bond donors (Lipinski definition) is 1. The Balaban J connectivity index is 2.59. The van der Waals surface area contributed by atoms with Crippen molar-refractivity contribution in [2.24, 2.45) is 5.41 Å². The first-order chi connectivity index (χ1) is 6.66. The Kier molecular flexibility index (Phi) is 3.96. The van der Waals surface area contributed by atoms with Crippen LogP contribution in [0.2, 0.25) is 0 Å². The molecule has 1 rings (SSSR count). The van der Waals surface area contributed by atoms with E-state index in [4.69, 9.17) is 4.74 Å². The van der Waals surface area contributed by atoms with Crippen LogP contribution in [0.1, 0.15) is 53.4 Å². The molecule has 0 amide bonds. The van der Waals surface area contributed by atoms with Crippen LogP contribution in [0.15, 0.2) is 0 Å². The van der Waals surface area contributed by atoms with Gasteiger partial charge in [0.05, 0.1) is 6.61 Å². The molecule has 0 aromatic carbocycles. The van der Waals surface area contributed by atoms with Gasteiger partial charge in [-0.2, -0.15) is 0 Å². The molecule has 0 unspecified atom stereocenters. The Morgan fingerprint density at radius 3 is 1.86 bits per heavy atom. The van der Waals surface area contributed by atoms with E-state index in [2.05, 4.69) is 33.0 Å². The lowest BCUT2D eigenvalue weighted by atomic mass is 9.81. The average Bonchev–Trinajstić information content (AvgIpc) is 2.29. The first-order valence-electron chi connectivity index (χ1n) is 6.05. The summed E-state index contributed by atoms with van der Waals surface area (Å²) in [6.07, 6.45) is 4.54. The van der Waals surface area contributed by atoms with Gasteiger partial charge in [-0.15, -0.1) is 0 Å². The molecule has 0 bridgehead atoms. The lowest BCUT2D eigenvalue weighted by Gasteiger charge is -2.46. The molecule has 1 fully saturated rings. The maximum atomic E-state index is 6.05. The fourth-order valence-corrected chi connectivity index (χ4v) is 2.15. The summed E-state index contributed by atoms with van der Waals surface area (Å²) < 4.78 is 6.05. The molecule has 1 aliphatic rings. The van der Waals surface area contributed by atoms with Gasteiger partial charge < -0.3 is 4.74 Å². The number of rotatable bonds is 4. The summed E-state index contributed by atoms with van der Waals surface area (Å²) in [6, 6.07) is 0. The Hall–Kier alpha value is -0.0800. The van der Waals surface area contributed by atoms with Crippen molar-refractivity contribution in [2.75, 3.05) is 13.2 Å². The monoisotopic (exact) mass is 199 g/mol. The van der Waals surface area contributed by atoms with Gasteiger partial charge in [-0.25, -0.2) is 0 Å². The van der Waals surface area contributed by atoms with Crippen molar-refractivity contribution in [3.8, 4) is 0 Å². The van der Waals surface area contributed by atoms with Crippen LogP contribution in [-0.4, -0.2) is 18.9 Å². The molecule has 84 valence electrons. The zero-order valence-electron chi connectivity index (χ0n) is 10.2. The zero-order valence-corrected chi connectivity index (χ0v) is 10.2. The van der Waals surface area contributed by atoms with E-state index in [1.165, 1.54) is 12.8 Å². The molecule has 0 atom stereocenters. The Morgan fingerprint density at radius 1 is 1.00 bits per heavy atom. The van der Waals surface area contributed by atoms with E-state index in [0.717, 1.165) is 26.0 Å². The summed E-state index contributed by atoms with van der Waals surface area (Å²) in [5, 5.41) is 3.60. The largest absolute Gasteiger partial charge is 0.360 e. The molecule has 0 aromatic rings. The quantitative estimate of drug-likeness (QED) is 0.751. The van der Waals surface area contributed by atoms with Gasteiger partial charge in [-0.1, -0.05) is 27.7 Å². The average molecular weight is 199 g/mol. The second kappa shape index (κ2) is 4.63. The van der Waals surface area contributed by atoms with Crippen LogP contribution in [0.5, 0.6) is 0 Å². The highest BCUT2D eigenvalue weighted by atomic mass is 16.5. The third kappa shape index (κ3) is 2.12. The van der Waals surface area contributed by atoms with Gasteiger partial charge in [0.25, 0.3) is 0 Å². The molecule has 0 spiro atoms. The van der Waals surface area contributed by atoms with Crippen LogP contribution < -0.4 is 5.32 Å². The van der Waals surface area contributed by atoms with Crippen LogP contribution >= 0.6 is 0 Å². The predicted octanol–water partition coefficient (Wildman–Crippen LogP) is 2.93. The molecule has 0 aromatic heterocycles. The molecular formula is C12H25NO. The molecule has 1 heterocycles. The molecule has 0 saturated carbocycles. The lowest BCUT2D eigenvalue weighted by molar-refractivity contribution is -0.150. The molecular weight excluding hydrogens is 174 g/mol. The Morgan fingerprint density at radius 2 is 1.57 bits per heavy atom. The van der Waals surface area contributed by atoms with Gasteiger partial charge in [0.2, 0.25) is 0 Å². The first-order valence-corrected chi connectivity index (χ1v) is 6.05. The van der Waals surface area contributed by atoms with E-state index in [0.29, 0.717) is 5.41 Å². The van der Waals surface area contributed by atoms with Crippen molar-refractivity contribution in [1.29, 1.82) is 0 Å². The van der Waals surface area contributed by atoms with E-state index >= 15 is 0 Å². The summed E-state index contributed by atoms with van der Waals surface area (Å²) in [7, 11) is 0. The molecule has 2 heteroatoms. The molecule has 1 N–H and O–H groups in total. The maximum absolute atomic E-state index is 6.05. The van der Waals surface area contributed by atoms with Crippen molar-refractivity contribution < 1.29 is 4.74 Å². The predicted molar refractivity (Wildman–Crippen MR) is 60.3 cm³/mol. The normalized spacial score (nSPS) is 24.9. The van der Waals surface area contributed by atoms with Crippen LogP contribution in [0.4, 0.5) is 0 Å². The molecule has 14 heavy (non-hydrogen) atoms. The van der Waals surface area contributed by atoms with Crippen LogP contribution in [0, 0.1) is 5.41 Å². The maximum Gasteiger partial charge on any atom is 0.118 e. The van der Waals surface area contributed by atoms with Crippen molar-refractivity contribution in [1.82, 2.24) is 5.32 Å². The molecule has 0 aliphatic carbocycles. The van der Waals surface area contributed by atoms with Gasteiger partial charge in [0.15, 0.2) is 0 Å². The fraction of sp³-hybridized carbons (Fsp3) is 1.00. The van der Waals surface area contributed by atoms with E-state index in [1.807, 2.05) is 0 Å². The summed E-state index contributed by atoms with van der Waals surface area (Å²) in [4.78, 5) is 0. The van der Waals surface area contributed by atoms with Gasteiger partial charge >= 0.3 is 0 Å². The van der Waals surface area contributed by atoms with Gasteiger partial charge in [0, 0.05) is 12.0 Å². The molecule has 1 aliphatic heterocycles. The second-order valence-corrected chi connectivity index (χ2v) is 4.55.